The molecule has 0 aliphatic carbocycles. The Kier molecular flexibility index (Phi) is 7.19. The van der Waals surface area contributed by atoms with Crippen LogP contribution < -0.4 is 5.32 Å². The van der Waals surface area contributed by atoms with Gasteiger partial charge in [-0.05, 0) is 26.8 Å². The van der Waals surface area contributed by atoms with Crippen LogP contribution in [-0.4, -0.2) is 32.5 Å². The molecule has 0 amide bonds. The first-order valence-electron chi connectivity index (χ1n) is 5.43. The molecule has 86 valence electrons. The molecule has 0 heterocycles. The first-order valence-corrected chi connectivity index (χ1v) is 7.14. The minimum Gasteiger partial charge on any atom is -0.316 e. The summed E-state index contributed by atoms with van der Waals surface area (Å²) in [6.07, 6.45) is 3.55. The van der Waals surface area contributed by atoms with Gasteiger partial charge in [0.2, 0.25) is 0 Å². The molecule has 0 unspecified atom stereocenters. The van der Waals surface area contributed by atoms with Gasteiger partial charge in [-0.2, -0.15) is 0 Å². The largest absolute Gasteiger partial charge is 0.316 e. The quantitative estimate of drug-likeness (QED) is 0.633. The number of hydrogen-bond donors (Lipinski definition) is 1. The van der Waals surface area contributed by atoms with E-state index in [0.717, 1.165) is 13.0 Å². The fraction of sp³-hybridized carbons (Fsp3) is 1.00. The second kappa shape index (κ2) is 7.23. The predicted octanol–water partition coefficient (Wildman–Crippen LogP) is 1.59. The maximum absolute atomic E-state index is 11.4. The second-order valence-corrected chi connectivity index (χ2v) is 6.55. The van der Waals surface area contributed by atoms with Crippen molar-refractivity contribution in [3.63, 3.8) is 0 Å². The van der Waals surface area contributed by atoms with Gasteiger partial charge in [0.1, 0.15) is 0 Å². The van der Waals surface area contributed by atoms with E-state index in [0.29, 0.717) is 6.54 Å². The van der Waals surface area contributed by atoms with Crippen LogP contribution >= 0.6 is 0 Å². The molecular formula is C10H23NO2S. The van der Waals surface area contributed by atoms with Gasteiger partial charge in [0.15, 0.2) is 9.84 Å². The fourth-order valence-corrected chi connectivity index (χ4v) is 1.98. The van der Waals surface area contributed by atoms with Gasteiger partial charge in [-0.25, -0.2) is 8.42 Å². The number of rotatable bonds is 8. The number of nitrogens with one attached hydrogen (secondary N) is 1. The molecule has 0 rings (SSSR count). The Balaban J connectivity index is 3.46. The normalized spacial score (nSPS) is 12.3. The highest BCUT2D eigenvalue weighted by molar-refractivity contribution is 7.92. The zero-order valence-electron chi connectivity index (χ0n) is 9.54. The summed E-state index contributed by atoms with van der Waals surface area (Å²) in [6, 6.07) is 0. The molecule has 0 fully saturated rings. The van der Waals surface area contributed by atoms with Crippen LogP contribution in [0.4, 0.5) is 0 Å². The van der Waals surface area contributed by atoms with Crippen molar-refractivity contribution in [2.24, 2.45) is 0 Å². The van der Waals surface area contributed by atoms with Gasteiger partial charge in [-0.3, -0.25) is 0 Å². The van der Waals surface area contributed by atoms with Gasteiger partial charge >= 0.3 is 0 Å². The predicted molar refractivity (Wildman–Crippen MR) is 61.3 cm³/mol. The molecule has 0 aromatic heterocycles. The molecule has 0 aromatic carbocycles. The first-order chi connectivity index (χ1) is 6.50. The molecule has 0 spiro atoms. The maximum atomic E-state index is 11.4. The first kappa shape index (κ1) is 13.9. The Labute approximate surface area is 88.2 Å². The summed E-state index contributed by atoms with van der Waals surface area (Å²) in [7, 11) is -2.85. The SMILES string of the molecule is CCCCCNCCS(=O)(=O)C(C)C. The van der Waals surface area contributed by atoms with E-state index in [1.54, 1.807) is 13.8 Å². The molecule has 14 heavy (non-hydrogen) atoms. The van der Waals surface area contributed by atoms with Gasteiger partial charge in [0.05, 0.1) is 11.0 Å². The molecule has 0 aliphatic rings. The molecular weight excluding hydrogens is 198 g/mol. The third kappa shape index (κ3) is 6.38. The van der Waals surface area contributed by atoms with Crippen molar-refractivity contribution in [1.82, 2.24) is 5.32 Å². The van der Waals surface area contributed by atoms with E-state index >= 15 is 0 Å². The summed E-state index contributed by atoms with van der Waals surface area (Å²) >= 11 is 0. The minimum absolute atomic E-state index is 0.250. The highest BCUT2D eigenvalue weighted by atomic mass is 32.2. The van der Waals surface area contributed by atoms with Crippen LogP contribution in [0.1, 0.15) is 40.0 Å². The van der Waals surface area contributed by atoms with Gasteiger partial charge in [-0.1, -0.05) is 19.8 Å². The Hall–Kier alpha value is -0.0900. The van der Waals surface area contributed by atoms with Crippen molar-refractivity contribution in [1.29, 1.82) is 0 Å². The van der Waals surface area contributed by atoms with Crippen LogP contribution in [0.5, 0.6) is 0 Å². The smallest absolute Gasteiger partial charge is 0.153 e. The van der Waals surface area contributed by atoms with Gasteiger partial charge in [0, 0.05) is 6.54 Å². The second-order valence-electron chi connectivity index (χ2n) is 3.87. The van der Waals surface area contributed by atoms with Crippen LogP contribution in [0, 0.1) is 0 Å². The highest BCUT2D eigenvalue weighted by Crippen LogP contribution is 1.99. The zero-order chi connectivity index (χ0) is 11.0. The zero-order valence-corrected chi connectivity index (χ0v) is 10.4. The average Bonchev–Trinajstić information content (AvgIpc) is 2.10. The number of hydrogen-bond acceptors (Lipinski definition) is 3. The molecule has 0 atom stereocenters. The van der Waals surface area contributed by atoms with E-state index in [1.165, 1.54) is 12.8 Å². The summed E-state index contributed by atoms with van der Waals surface area (Å²) in [5.74, 6) is 0.261. The van der Waals surface area contributed by atoms with Crippen LogP contribution in [0.15, 0.2) is 0 Å². The number of unbranched alkanes of at least 4 members (excludes halogenated alkanes) is 2. The third-order valence-electron chi connectivity index (χ3n) is 2.24. The molecule has 4 heteroatoms. The van der Waals surface area contributed by atoms with Crippen LogP contribution in [0.2, 0.25) is 0 Å². The van der Waals surface area contributed by atoms with Crippen molar-refractivity contribution in [3.8, 4) is 0 Å². The van der Waals surface area contributed by atoms with E-state index in [9.17, 15) is 8.42 Å². The topological polar surface area (TPSA) is 46.2 Å². The Bertz CT molecular complexity index is 222. The molecule has 0 bridgehead atoms. The minimum atomic E-state index is -2.85. The van der Waals surface area contributed by atoms with Crippen molar-refractivity contribution in [2.75, 3.05) is 18.8 Å². The summed E-state index contributed by atoms with van der Waals surface area (Å²) in [5, 5.41) is 2.90. The van der Waals surface area contributed by atoms with E-state index in [1.807, 2.05) is 0 Å². The van der Waals surface area contributed by atoms with E-state index in [-0.39, 0.29) is 11.0 Å². The molecule has 1 N–H and O–H groups in total. The Morgan fingerprint density at radius 2 is 1.79 bits per heavy atom. The molecule has 0 saturated heterocycles. The summed E-state index contributed by atoms with van der Waals surface area (Å²) in [6.45, 7) is 7.13. The van der Waals surface area contributed by atoms with Crippen molar-refractivity contribution in [3.05, 3.63) is 0 Å². The standard InChI is InChI=1S/C10H23NO2S/c1-4-5-6-7-11-8-9-14(12,13)10(2)3/h10-11H,4-9H2,1-3H3. The maximum Gasteiger partial charge on any atom is 0.153 e. The number of sulfone groups is 1. The molecule has 0 radical (unpaired) electrons. The summed E-state index contributed by atoms with van der Waals surface area (Å²) in [5.41, 5.74) is 0. The van der Waals surface area contributed by atoms with Crippen molar-refractivity contribution in [2.45, 2.75) is 45.3 Å². The summed E-state index contributed by atoms with van der Waals surface area (Å²) in [4.78, 5) is 0. The molecule has 0 aliphatic heterocycles. The van der Waals surface area contributed by atoms with Crippen molar-refractivity contribution >= 4 is 9.84 Å². The van der Waals surface area contributed by atoms with Crippen molar-refractivity contribution < 1.29 is 8.42 Å². The van der Waals surface area contributed by atoms with Gasteiger partial charge in [0.25, 0.3) is 0 Å². The third-order valence-corrected chi connectivity index (χ3v) is 4.45. The van der Waals surface area contributed by atoms with Gasteiger partial charge in [-0.15, -0.1) is 0 Å². The van der Waals surface area contributed by atoms with Gasteiger partial charge < -0.3 is 5.32 Å². The summed E-state index contributed by atoms with van der Waals surface area (Å²) < 4.78 is 22.8. The Morgan fingerprint density at radius 1 is 1.14 bits per heavy atom. The molecule has 0 aromatic rings. The molecule has 0 saturated carbocycles. The van der Waals surface area contributed by atoms with Crippen LogP contribution in [0.25, 0.3) is 0 Å². The average molecular weight is 221 g/mol. The van der Waals surface area contributed by atoms with Crippen LogP contribution in [-0.2, 0) is 9.84 Å². The lowest BCUT2D eigenvalue weighted by atomic mass is 10.2. The fourth-order valence-electron chi connectivity index (χ4n) is 1.08. The monoisotopic (exact) mass is 221 g/mol. The molecule has 3 nitrogen and oxygen atoms in total. The Morgan fingerprint density at radius 3 is 2.29 bits per heavy atom. The lowest BCUT2D eigenvalue weighted by Crippen LogP contribution is -2.27. The van der Waals surface area contributed by atoms with E-state index in [2.05, 4.69) is 12.2 Å². The lowest BCUT2D eigenvalue weighted by Gasteiger charge is -2.08. The van der Waals surface area contributed by atoms with Crippen LogP contribution in [0.3, 0.4) is 0 Å². The lowest BCUT2D eigenvalue weighted by molar-refractivity contribution is 0.578. The van der Waals surface area contributed by atoms with E-state index in [4.69, 9.17) is 0 Å². The highest BCUT2D eigenvalue weighted by Gasteiger charge is 2.14. The van der Waals surface area contributed by atoms with E-state index < -0.39 is 9.84 Å².